The highest BCUT2D eigenvalue weighted by atomic mass is 16.6. The first-order valence-corrected chi connectivity index (χ1v) is 10.4. The maximum absolute atomic E-state index is 11.1. The number of nitro groups is 1. The Morgan fingerprint density at radius 1 is 1.26 bits per heavy atom. The number of non-ortho nitro benzene ring substituents is 1. The number of nitro benzene ring substituents is 1. The van der Waals surface area contributed by atoms with E-state index >= 15 is 0 Å². The van der Waals surface area contributed by atoms with E-state index in [1.54, 1.807) is 12.1 Å². The maximum Gasteiger partial charge on any atom is 0.269 e. The third-order valence-corrected chi connectivity index (χ3v) is 6.97. The fraction of sp³-hybridized carbons (Fsp3) is 0.682. The molecule has 146 valence electrons. The van der Waals surface area contributed by atoms with Gasteiger partial charge in [0.15, 0.2) is 0 Å². The molecule has 5 heteroatoms. The van der Waals surface area contributed by atoms with Gasteiger partial charge in [0.25, 0.3) is 5.69 Å². The van der Waals surface area contributed by atoms with Crippen molar-refractivity contribution in [2.45, 2.75) is 53.5 Å². The molecule has 1 aliphatic heterocycles. The van der Waals surface area contributed by atoms with Gasteiger partial charge in [-0.05, 0) is 67.9 Å². The largest absolute Gasteiger partial charge is 0.357 e. The average Bonchev–Trinajstić information content (AvgIpc) is 3.25. The van der Waals surface area contributed by atoms with Crippen LogP contribution in [0.1, 0.15) is 46.1 Å². The van der Waals surface area contributed by atoms with Crippen LogP contribution >= 0.6 is 0 Å². The topological polar surface area (TPSA) is 58.7 Å². The summed E-state index contributed by atoms with van der Waals surface area (Å²) in [6, 6.07) is 5.56. The molecule has 5 nitrogen and oxygen atoms in total. The number of likely N-dealkylation sites (tertiary alicyclic amines) is 1. The molecular formula is C22H31N3O2. The SMILES string of the molecule is Cc1cc([N+](=O)[O-])ccc1N=C1C2C3C(C)CC(CC(C)N1CC(C)C)C23. The van der Waals surface area contributed by atoms with Crippen LogP contribution in [0.15, 0.2) is 23.2 Å². The monoisotopic (exact) mass is 369 g/mol. The summed E-state index contributed by atoms with van der Waals surface area (Å²) in [7, 11) is 0. The van der Waals surface area contributed by atoms with Gasteiger partial charge in [0, 0.05) is 30.6 Å². The number of hydrogen-bond donors (Lipinski definition) is 0. The molecule has 6 atom stereocenters. The summed E-state index contributed by atoms with van der Waals surface area (Å²) < 4.78 is 0. The first-order valence-electron chi connectivity index (χ1n) is 10.4. The lowest BCUT2D eigenvalue weighted by atomic mass is 9.91. The zero-order valence-electron chi connectivity index (χ0n) is 17.1. The molecule has 3 aliphatic rings. The predicted octanol–water partition coefficient (Wildman–Crippen LogP) is 5.20. The second-order valence-electron chi connectivity index (χ2n) is 9.48. The van der Waals surface area contributed by atoms with Crippen molar-refractivity contribution < 1.29 is 4.92 Å². The molecule has 0 spiro atoms. The van der Waals surface area contributed by atoms with Crippen molar-refractivity contribution >= 4 is 17.2 Å². The molecule has 0 aromatic heterocycles. The van der Waals surface area contributed by atoms with Crippen molar-refractivity contribution in [3.05, 3.63) is 33.9 Å². The van der Waals surface area contributed by atoms with Crippen LogP contribution < -0.4 is 0 Å². The van der Waals surface area contributed by atoms with Gasteiger partial charge in [0.1, 0.15) is 5.84 Å². The van der Waals surface area contributed by atoms with E-state index in [2.05, 4.69) is 32.6 Å². The Bertz CT molecular complexity index is 788. The van der Waals surface area contributed by atoms with Crippen molar-refractivity contribution in [3.63, 3.8) is 0 Å². The number of rotatable bonds is 4. The Morgan fingerprint density at radius 3 is 2.63 bits per heavy atom. The third-order valence-electron chi connectivity index (χ3n) is 6.97. The Kier molecular flexibility index (Phi) is 4.52. The highest BCUT2D eigenvalue weighted by Crippen LogP contribution is 2.66. The van der Waals surface area contributed by atoms with Crippen molar-refractivity contribution in [1.82, 2.24) is 4.90 Å². The number of aryl methyl sites for hydroxylation is 1. The van der Waals surface area contributed by atoms with Gasteiger partial charge in [-0.25, -0.2) is 4.99 Å². The van der Waals surface area contributed by atoms with E-state index in [9.17, 15) is 10.1 Å². The molecule has 27 heavy (non-hydrogen) atoms. The van der Waals surface area contributed by atoms with E-state index < -0.39 is 0 Å². The summed E-state index contributed by atoms with van der Waals surface area (Å²) in [6.07, 6.45) is 2.64. The molecule has 2 saturated carbocycles. The smallest absolute Gasteiger partial charge is 0.269 e. The van der Waals surface area contributed by atoms with Crippen LogP contribution in [-0.2, 0) is 0 Å². The molecule has 0 bridgehead atoms. The zero-order chi connectivity index (χ0) is 19.5. The summed E-state index contributed by atoms with van der Waals surface area (Å²) in [5, 5.41) is 11.1. The van der Waals surface area contributed by atoms with Crippen molar-refractivity contribution in [3.8, 4) is 0 Å². The molecule has 6 unspecified atom stereocenters. The van der Waals surface area contributed by atoms with Crippen molar-refractivity contribution in [1.29, 1.82) is 0 Å². The van der Waals surface area contributed by atoms with Gasteiger partial charge in [-0.3, -0.25) is 10.1 Å². The third kappa shape index (κ3) is 3.15. The summed E-state index contributed by atoms with van der Waals surface area (Å²) >= 11 is 0. The minimum atomic E-state index is -0.333. The average molecular weight is 370 g/mol. The number of aliphatic imine (C=N–C) groups is 1. The second-order valence-corrected chi connectivity index (χ2v) is 9.48. The van der Waals surface area contributed by atoms with E-state index in [-0.39, 0.29) is 10.6 Å². The number of benzene rings is 1. The lowest BCUT2D eigenvalue weighted by molar-refractivity contribution is -0.384. The molecule has 1 saturated heterocycles. The van der Waals surface area contributed by atoms with Gasteiger partial charge in [-0.2, -0.15) is 0 Å². The van der Waals surface area contributed by atoms with E-state index in [1.165, 1.54) is 18.7 Å². The van der Waals surface area contributed by atoms with E-state index in [4.69, 9.17) is 4.99 Å². The molecule has 1 aromatic rings. The second kappa shape index (κ2) is 6.61. The van der Waals surface area contributed by atoms with Gasteiger partial charge in [0.05, 0.1) is 10.6 Å². The minimum Gasteiger partial charge on any atom is -0.357 e. The minimum absolute atomic E-state index is 0.140. The molecular weight excluding hydrogens is 338 g/mol. The lowest BCUT2D eigenvalue weighted by Gasteiger charge is -2.33. The molecule has 0 N–H and O–H groups in total. The van der Waals surface area contributed by atoms with Crippen LogP contribution in [0.3, 0.4) is 0 Å². The van der Waals surface area contributed by atoms with Crippen LogP contribution in [0.2, 0.25) is 0 Å². The van der Waals surface area contributed by atoms with E-state index in [0.717, 1.165) is 41.5 Å². The van der Waals surface area contributed by atoms with Crippen LogP contribution in [-0.4, -0.2) is 28.2 Å². The Morgan fingerprint density at radius 2 is 2.00 bits per heavy atom. The summed E-state index contributed by atoms with van der Waals surface area (Å²) in [5.41, 5.74) is 1.91. The van der Waals surface area contributed by atoms with E-state index in [0.29, 0.717) is 17.9 Å². The Balaban J connectivity index is 1.74. The first-order chi connectivity index (χ1) is 12.8. The van der Waals surface area contributed by atoms with Crippen molar-refractivity contribution in [2.24, 2.45) is 40.5 Å². The van der Waals surface area contributed by atoms with Crippen LogP contribution in [0, 0.1) is 52.5 Å². The van der Waals surface area contributed by atoms with Crippen LogP contribution in [0.4, 0.5) is 11.4 Å². The summed E-state index contributed by atoms with van der Waals surface area (Å²) in [4.78, 5) is 18.4. The normalized spacial score (nSPS) is 36.1. The van der Waals surface area contributed by atoms with Gasteiger partial charge >= 0.3 is 0 Å². The molecule has 4 rings (SSSR count). The number of amidine groups is 1. The first kappa shape index (κ1) is 18.5. The number of fused-ring (bicyclic) bond motifs is 1. The van der Waals surface area contributed by atoms with E-state index in [1.807, 2.05) is 13.0 Å². The summed E-state index contributed by atoms with van der Waals surface area (Å²) in [5.74, 6) is 5.63. The highest BCUT2D eigenvalue weighted by Gasteiger charge is 2.65. The van der Waals surface area contributed by atoms with Gasteiger partial charge in [-0.15, -0.1) is 0 Å². The van der Waals surface area contributed by atoms with Crippen LogP contribution in [0.5, 0.6) is 0 Å². The number of nitrogens with zero attached hydrogens (tertiary/aromatic N) is 3. The molecule has 0 radical (unpaired) electrons. The van der Waals surface area contributed by atoms with Crippen molar-refractivity contribution in [2.75, 3.05) is 6.54 Å². The quantitative estimate of drug-likeness (QED) is 0.541. The fourth-order valence-corrected chi connectivity index (χ4v) is 5.88. The maximum atomic E-state index is 11.1. The molecule has 2 aliphatic carbocycles. The Hall–Kier alpha value is -1.91. The zero-order valence-corrected chi connectivity index (χ0v) is 17.1. The van der Waals surface area contributed by atoms with Gasteiger partial charge in [0.2, 0.25) is 0 Å². The number of hydrogen-bond acceptors (Lipinski definition) is 3. The fourth-order valence-electron chi connectivity index (χ4n) is 5.88. The van der Waals surface area contributed by atoms with Gasteiger partial charge in [-0.1, -0.05) is 20.8 Å². The highest BCUT2D eigenvalue weighted by molar-refractivity contribution is 5.91. The molecule has 1 heterocycles. The molecule has 1 aromatic carbocycles. The lowest BCUT2D eigenvalue weighted by Crippen LogP contribution is -2.41. The summed E-state index contributed by atoms with van der Waals surface area (Å²) in [6.45, 7) is 12.3. The Labute approximate surface area is 162 Å². The van der Waals surface area contributed by atoms with Gasteiger partial charge < -0.3 is 4.90 Å². The molecule has 3 fully saturated rings. The van der Waals surface area contributed by atoms with Crippen LogP contribution in [0.25, 0.3) is 0 Å². The predicted molar refractivity (Wildman–Crippen MR) is 108 cm³/mol. The standard InChI is InChI=1S/C22H31N3O2/c1-12(2)11-24-15(5)10-16-8-14(4)19-20(16)21(19)22(24)23-18-7-6-17(25(26)27)9-13(18)3/h6-7,9,12,14-16,19-21H,8,10-11H2,1-5H3. The molecule has 0 amide bonds.